The first kappa shape index (κ1) is 22.3. The molecule has 28 heavy (non-hydrogen) atoms. The molecule has 0 spiro atoms. The molecule has 0 amide bonds. The summed E-state index contributed by atoms with van der Waals surface area (Å²) in [6.07, 6.45) is -3.90. The Kier molecular flexibility index (Phi) is 7.16. The van der Waals surface area contributed by atoms with Crippen LogP contribution in [-0.2, 0) is 47.5 Å². The lowest BCUT2D eigenvalue weighted by Gasteiger charge is -2.40. The molecule has 0 radical (unpaired) electrons. The van der Waals surface area contributed by atoms with E-state index in [-0.39, 0.29) is 6.61 Å². The number of hydrogen-bond acceptors (Lipinski definition) is 10. The third-order valence-electron chi connectivity index (χ3n) is 4.06. The summed E-state index contributed by atoms with van der Waals surface area (Å²) in [7, 11) is 0. The number of fused-ring (bicyclic) bond motifs is 1. The van der Waals surface area contributed by atoms with E-state index < -0.39 is 60.7 Å². The summed E-state index contributed by atoms with van der Waals surface area (Å²) < 4.78 is 38.7. The van der Waals surface area contributed by atoms with Crippen LogP contribution >= 0.6 is 0 Å². The van der Waals surface area contributed by atoms with Gasteiger partial charge >= 0.3 is 17.9 Å². The lowest BCUT2D eigenvalue weighted by molar-refractivity contribution is -0.352. The standard InChI is InChI=1S/C18H26O10/c1-7-9(2)26-18(6)27-16-15(24-12(5)21)14(23-11(4)20)13(8-22-10(3)19)25-17(16)28-18/h7,9,13-17H,1,8H2,2-6H3/t9-,13+,14+,15-,16+,17+,18+/m0/s1. The SMILES string of the molecule is C=C[C@H](C)O[C@@]1(C)O[C@H]2O[C@H](COC(C)=O)[C@@H](OC(C)=O)[C@H](OC(C)=O)[C@H]2O1. The van der Waals surface area contributed by atoms with Gasteiger partial charge < -0.3 is 28.4 Å². The van der Waals surface area contributed by atoms with Gasteiger partial charge in [-0.15, -0.1) is 6.58 Å². The van der Waals surface area contributed by atoms with Crippen LogP contribution in [0, 0.1) is 0 Å². The van der Waals surface area contributed by atoms with Crippen molar-refractivity contribution in [2.24, 2.45) is 0 Å². The lowest BCUT2D eigenvalue weighted by atomic mass is 9.98. The smallest absolute Gasteiger partial charge is 0.303 e. The molecule has 0 N–H and O–H groups in total. The van der Waals surface area contributed by atoms with Crippen LogP contribution < -0.4 is 0 Å². The van der Waals surface area contributed by atoms with Gasteiger partial charge in [-0.3, -0.25) is 19.1 Å². The van der Waals surface area contributed by atoms with Crippen LogP contribution in [0.5, 0.6) is 0 Å². The van der Waals surface area contributed by atoms with Crippen molar-refractivity contribution in [3.8, 4) is 0 Å². The highest BCUT2D eigenvalue weighted by atomic mass is 16.9. The number of ether oxygens (including phenoxy) is 7. The second kappa shape index (κ2) is 8.99. The Bertz CT molecular complexity index is 619. The van der Waals surface area contributed by atoms with Crippen LogP contribution in [0.2, 0.25) is 0 Å². The van der Waals surface area contributed by atoms with Crippen LogP contribution in [0.15, 0.2) is 12.7 Å². The molecule has 0 aromatic rings. The monoisotopic (exact) mass is 402 g/mol. The minimum atomic E-state index is -1.52. The van der Waals surface area contributed by atoms with Crippen LogP contribution in [0.4, 0.5) is 0 Å². The second-order valence-corrected chi connectivity index (χ2v) is 6.61. The van der Waals surface area contributed by atoms with Crippen molar-refractivity contribution in [2.75, 3.05) is 6.61 Å². The molecular formula is C18H26O10. The van der Waals surface area contributed by atoms with E-state index in [9.17, 15) is 14.4 Å². The second-order valence-electron chi connectivity index (χ2n) is 6.61. The quantitative estimate of drug-likeness (QED) is 0.344. The highest BCUT2D eigenvalue weighted by Crippen LogP contribution is 2.40. The van der Waals surface area contributed by atoms with Crippen LogP contribution in [-0.4, -0.2) is 67.3 Å². The van der Waals surface area contributed by atoms with Crippen molar-refractivity contribution in [1.29, 1.82) is 0 Å². The van der Waals surface area contributed by atoms with E-state index >= 15 is 0 Å². The van der Waals surface area contributed by atoms with E-state index in [1.807, 2.05) is 0 Å². The molecule has 158 valence electrons. The first-order valence-electron chi connectivity index (χ1n) is 8.84. The van der Waals surface area contributed by atoms with Crippen LogP contribution in [0.25, 0.3) is 0 Å². The average Bonchev–Trinajstić information content (AvgIpc) is 2.90. The molecule has 0 aromatic carbocycles. The first-order chi connectivity index (χ1) is 13.0. The van der Waals surface area contributed by atoms with Gasteiger partial charge in [-0.25, -0.2) is 0 Å². The summed E-state index contributed by atoms with van der Waals surface area (Å²) in [6, 6.07) is 0. The topological polar surface area (TPSA) is 116 Å². The molecule has 0 saturated carbocycles. The zero-order chi connectivity index (χ0) is 21.1. The maximum Gasteiger partial charge on any atom is 0.303 e. The molecule has 0 bridgehead atoms. The molecule has 10 heteroatoms. The number of carbonyl (C=O) groups excluding carboxylic acids is 3. The summed E-state index contributed by atoms with van der Waals surface area (Å²) in [5.74, 6) is -3.31. The minimum absolute atomic E-state index is 0.238. The molecule has 2 saturated heterocycles. The van der Waals surface area contributed by atoms with Gasteiger partial charge in [0.25, 0.3) is 5.97 Å². The third kappa shape index (κ3) is 5.51. The Balaban J connectivity index is 2.30. The predicted molar refractivity (Wildman–Crippen MR) is 91.5 cm³/mol. The fourth-order valence-corrected chi connectivity index (χ4v) is 3.02. The molecule has 7 atom stereocenters. The van der Waals surface area contributed by atoms with E-state index in [1.165, 1.54) is 27.7 Å². The van der Waals surface area contributed by atoms with Gasteiger partial charge in [0.1, 0.15) is 12.7 Å². The number of esters is 3. The molecule has 2 heterocycles. The van der Waals surface area contributed by atoms with E-state index in [0.29, 0.717) is 0 Å². The van der Waals surface area contributed by atoms with Gasteiger partial charge in [-0.05, 0) is 6.92 Å². The molecular weight excluding hydrogens is 376 g/mol. The average molecular weight is 402 g/mol. The highest BCUT2D eigenvalue weighted by molar-refractivity contribution is 5.67. The molecule has 2 aliphatic rings. The van der Waals surface area contributed by atoms with Crippen molar-refractivity contribution < 1.29 is 47.5 Å². The Morgan fingerprint density at radius 2 is 1.68 bits per heavy atom. The summed E-state index contributed by atoms with van der Waals surface area (Å²) >= 11 is 0. The van der Waals surface area contributed by atoms with Gasteiger partial charge in [-0.1, -0.05) is 6.08 Å². The van der Waals surface area contributed by atoms with Crippen molar-refractivity contribution in [3.63, 3.8) is 0 Å². The van der Waals surface area contributed by atoms with Gasteiger partial charge in [0, 0.05) is 27.7 Å². The normalized spacial score (nSPS) is 35.4. The predicted octanol–water partition coefficient (Wildman–Crippen LogP) is 0.818. The van der Waals surface area contributed by atoms with Crippen LogP contribution in [0.3, 0.4) is 0 Å². The molecule has 0 aromatic heterocycles. The molecule has 2 fully saturated rings. The molecule has 2 rings (SSSR count). The Hall–Kier alpha value is -2.01. The molecule has 0 aliphatic carbocycles. The summed E-state index contributed by atoms with van der Waals surface area (Å²) in [6.45, 7) is 10.3. The maximum atomic E-state index is 11.7. The summed E-state index contributed by atoms with van der Waals surface area (Å²) in [5.41, 5.74) is 0. The first-order valence-corrected chi connectivity index (χ1v) is 8.84. The summed E-state index contributed by atoms with van der Waals surface area (Å²) in [4.78, 5) is 34.5. The highest BCUT2D eigenvalue weighted by Gasteiger charge is 2.59. The molecule has 2 aliphatic heterocycles. The van der Waals surface area contributed by atoms with E-state index in [2.05, 4.69) is 6.58 Å². The van der Waals surface area contributed by atoms with Gasteiger partial charge in [-0.2, -0.15) is 0 Å². The zero-order valence-corrected chi connectivity index (χ0v) is 16.5. The van der Waals surface area contributed by atoms with Gasteiger partial charge in [0.2, 0.25) is 0 Å². The Morgan fingerprint density at radius 3 is 2.21 bits per heavy atom. The number of carbonyl (C=O) groups is 3. The number of rotatable bonds is 7. The Morgan fingerprint density at radius 1 is 1.07 bits per heavy atom. The minimum Gasteiger partial charge on any atom is -0.463 e. The molecule has 0 unspecified atom stereocenters. The summed E-state index contributed by atoms with van der Waals surface area (Å²) in [5, 5.41) is 0. The zero-order valence-electron chi connectivity index (χ0n) is 16.5. The largest absolute Gasteiger partial charge is 0.463 e. The van der Waals surface area contributed by atoms with E-state index in [4.69, 9.17) is 33.2 Å². The Labute approximate surface area is 163 Å². The van der Waals surface area contributed by atoms with Crippen LogP contribution in [0.1, 0.15) is 34.6 Å². The van der Waals surface area contributed by atoms with Gasteiger partial charge in [0.05, 0.1) is 6.10 Å². The third-order valence-corrected chi connectivity index (χ3v) is 4.06. The molecule has 10 nitrogen and oxygen atoms in total. The van der Waals surface area contributed by atoms with E-state index in [1.54, 1.807) is 13.0 Å². The van der Waals surface area contributed by atoms with Crippen molar-refractivity contribution >= 4 is 17.9 Å². The fraction of sp³-hybridized carbons (Fsp3) is 0.722. The van der Waals surface area contributed by atoms with E-state index in [0.717, 1.165) is 0 Å². The van der Waals surface area contributed by atoms with Gasteiger partial charge in [0.15, 0.2) is 24.6 Å². The van der Waals surface area contributed by atoms with Crippen molar-refractivity contribution in [2.45, 2.75) is 77.4 Å². The lowest BCUT2D eigenvalue weighted by Crippen LogP contribution is -2.60. The maximum absolute atomic E-state index is 11.7. The fourth-order valence-electron chi connectivity index (χ4n) is 3.02. The van der Waals surface area contributed by atoms with Crippen molar-refractivity contribution in [3.05, 3.63) is 12.7 Å². The van der Waals surface area contributed by atoms with Crippen molar-refractivity contribution in [1.82, 2.24) is 0 Å². The number of hydrogen-bond donors (Lipinski definition) is 0.